The van der Waals surface area contributed by atoms with Crippen molar-refractivity contribution in [1.29, 1.82) is 0 Å². The second kappa shape index (κ2) is 11.1. The Morgan fingerprint density at radius 3 is 2.28 bits per heavy atom. The Morgan fingerprint density at radius 1 is 1.03 bits per heavy atom. The Labute approximate surface area is 215 Å². The van der Waals surface area contributed by atoms with E-state index in [0.717, 1.165) is 15.8 Å². The number of carbonyl (C=O) groups is 1. The maximum Gasteiger partial charge on any atom is 0.251 e. The molecule has 1 fully saturated rings. The van der Waals surface area contributed by atoms with Crippen LogP contribution >= 0.6 is 11.3 Å². The Hall–Kier alpha value is -2.73. The molecule has 9 nitrogen and oxygen atoms in total. The number of aromatic nitrogens is 1. The van der Waals surface area contributed by atoms with Gasteiger partial charge in [0.15, 0.2) is 4.80 Å². The molecule has 36 heavy (non-hydrogen) atoms. The predicted molar refractivity (Wildman–Crippen MR) is 138 cm³/mol. The first-order chi connectivity index (χ1) is 17.3. The third-order valence-corrected chi connectivity index (χ3v) is 9.38. The Balaban J connectivity index is 1.59. The lowest BCUT2D eigenvalue weighted by molar-refractivity contribution is -0.122. The first-order valence-corrected chi connectivity index (χ1v) is 13.9. The highest BCUT2D eigenvalue weighted by Crippen LogP contribution is 2.35. The number of aryl methyl sites for hydroxylation is 1. The highest BCUT2D eigenvalue weighted by molar-refractivity contribution is 7.89. The molecule has 0 N–H and O–H groups in total. The second-order valence-electron chi connectivity index (χ2n) is 8.62. The van der Waals surface area contributed by atoms with Gasteiger partial charge in [-0.25, -0.2) is 8.42 Å². The van der Waals surface area contributed by atoms with E-state index in [4.69, 9.17) is 14.2 Å². The molecule has 1 saturated heterocycles. The molecular formula is C25H31N3O6S2. The van der Waals surface area contributed by atoms with Gasteiger partial charge in [0.2, 0.25) is 10.0 Å². The average molecular weight is 534 g/mol. The van der Waals surface area contributed by atoms with Crippen LogP contribution in [-0.2, 0) is 26.1 Å². The Kier molecular flexibility index (Phi) is 8.13. The van der Waals surface area contributed by atoms with E-state index in [1.807, 2.05) is 23.6 Å². The highest BCUT2D eigenvalue weighted by Gasteiger charge is 2.32. The quantitative estimate of drug-likeness (QED) is 0.441. The van der Waals surface area contributed by atoms with Gasteiger partial charge in [-0.1, -0.05) is 29.0 Å². The third-order valence-electron chi connectivity index (χ3n) is 6.38. The van der Waals surface area contributed by atoms with Gasteiger partial charge >= 0.3 is 0 Å². The van der Waals surface area contributed by atoms with Crippen LogP contribution in [-0.4, -0.2) is 64.2 Å². The minimum atomic E-state index is -3.59. The zero-order valence-electron chi connectivity index (χ0n) is 20.9. The molecule has 1 amide bonds. The van der Waals surface area contributed by atoms with Crippen LogP contribution in [0.2, 0.25) is 0 Å². The van der Waals surface area contributed by atoms with E-state index in [1.165, 1.54) is 15.6 Å². The fraction of sp³-hybridized carbons (Fsp3) is 0.440. The van der Waals surface area contributed by atoms with Crippen molar-refractivity contribution in [3.63, 3.8) is 0 Å². The minimum absolute atomic E-state index is 0.252. The number of methoxy groups -OCH3 is 3. The van der Waals surface area contributed by atoms with Crippen LogP contribution in [0.5, 0.6) is 11.5 Å². The molecule has 0 unspecified atom stereocenters. The molecule has 4 rings (SSSR count). The van der Waals surface area contributed by atoms with Gasteiger partial charge in [-0.05, 0) is 44.0 Å². The number of thiazole rings is 1. The lowest BCUT2D eigenvalue weighted by atomic mass is 9.98. The summed E-state index contributed by atoms with van der Waals surface area (Å²) in [5, 5.41) is 0. The van der Waals surface area contributed by atoms with Crippen molar-refractivity contribution >= 4 is 37.5 Å². The van der Waals surface area contributed by atoms with Gasteiger partial charge in [0.1, 0.15) is 21.7 Å². The first kappa shape index (κ1) is 26.3. The number of hydrogen-bond acceptors (Lipinski definition) is 7. The molecule has 0 aliphatic carbocycles. The van der Waals surface area contributed by atoms with E-state index in [0.29, 0.717) is 42.3 Å². The SMILES string of the molecule is COCCn1c(=NC(=O)C2CCN(S(=O)(=O)c3ccc(C)cc3)CC2)sc2c(OC)ccc(OC)c21. The highest BCUT2D eigenvalue weighted by atomic mass is 32.2. The minimum Gasteiger partial charge on any atom is -0.495 e. The molecule has 1 aromatic heterocycles. The summed E-state index contributed by atoms with van der Waals surface area (Å²) in [6.45, 7) is 3.39. The van der Waals surface area contributed by atoms with Crippen molar-refractivity contribution in [3.8, 4) is 11.5 Å². The second-order valence-corrected chi connectivity index (χ2v) is 11.5. The van der Waals surface area contributed by atoms with E-state index in [1.54, 1.807) is 45.6 Å². The summed E-state index contributed by atoms with van der Waals surface area (Å²) in [5.41, 5.74) is 1.79. The summed E-state index contributed by atoms with van der Waals surface area (Å²) in [6.07, 6.45) is 0.839. The molecule has 0 atom stereocenters. The van der Waals surface area contributed by atoms with Crippen molar-refractivity contribution in [2.45, 2.75) is 31.2 Å². The maximum atomic E-state index is 13.2. The van der Waals surface area contributed by atoms with Crippen LogP contribution in [0.25, 0.3) is 10.2 Å². The van der Waals surface area contributed by atoms with E-state index < -0.39 is 10.0 Å². The van der Waals surface area contributed by atoms with Gasteiger partial charge in [0.05, 0.1) is 25.7 Å². The zero-order valence-corrected chi connectivity index (χ0v) is 22.5. The molecule has 11 heteroatoms. The molecule has 1 aliphatic heterocycles. The predicted octanol–water partition coefficient (Wildman–Crippen LogP) is 3.20. The standard InChI is InChI=1S/C25H31N3O6S2/c1-17-5-7-19(8-6-17)36(30,31)27-13-11-18(12-14-27)24(29)26-25-28(15-16-32-2)22-20(33-3)9-10-21(34-4)23(22)35-25/h5-10,18H,11-16H2,1-4H3. The average Bonchev–Trinajstić information content (AvgIpc) is 3.25. The van der Waals surface area contributed by atoms with Crippen molar-refractivity contribution in [1.82, 2.24) is 8.87 Å². The van der Waals surface area contributed by atoms with E-state index in [-0.39, 0.29) is 29.8 Å². The Bertz CT molecular complexity index is 1400. The topological polar surface area (TPSA) is 99.4 Å². The molecule has 0 spiro atoms. The van der Waals surface area contributed by atoms with Gasteiger partial charge in [-0.2, -0.15) is 9.30 Å². The summed E-state index contributed by atoms with van der Waals surface area (Å²) in [6, 6.07) is 10.5. The normalized spacial score (nSPS) is 15.9. The number of nitrogens with zero attached hydrogens (tertiary/aromatic N) is 3. The van der Waals surface area contributed by atoms with Crippen LogP contribution in [0.3, 0.4) is 0 Å². The largest absolute Gasteiger partial charge is 0.495 e. The molecule has 2 aromatic carbocycles. The molecule has 3 aromatic rings. The van der Waals surface area contributed by atoms with Crippen molar-refractivity contribution in [2.75, 3.05) is 41.0 Å². The first-order valence-electron chi connectivity index (χ1n) is 11.7. The molecule has 2 heterocycles. The van der Waals surface area contributed by atoms with Crippen LogP contribution in [0.15, 0.2) is 46.3 Å². The number of fused-ring (bicyclic) bond motifs is 1. The van der Waals surface area contributed by atoms with Crippen LogP contribution < -0.4 is 14.3 Å². The lowest BCUT2D eigenvalue weighted by Gasteiger charge is -2.29. The van der Waals surface area contributed by atoms with Gasteiger partial charge < -0.3 is 18.8 Å². The van der Waals surface area contributed by atoms with E-state index in [2.05, 4.69) is 4.99 Å². The number of hydrogen-bond donors (Lipinski definition) is 0. The molecule has 0 radical (unpaired) electrons. The number of amides is 1. The third kappa shape index (κ3) is 5.19. The number of benzene rings is 2. The van der Waals surface area contributed by atoms with Gasteiger partial charge in [-0.15, -0.1) is 0 Å². The van der Waals surface area contributed by atoms with Crippen LogP contribution in [0.4, 0.5) is 0 Å². The van der Waals surface area contributed by atoms with Gasteiger partial charge in [0.25, 0.3) is 5.91 Å². The molecule has 194 valence electrons. The fourth-order valence-electron chi connectivity index (χ4n) is 4.32. The van der Waals surface area contributed by atoms with Crippen LogP contribution in [0.1, 0.15) is 18.4 Å². The van der Waals surface area contributed by atoms with Crippen molar-refractivity contribution < 1.29 is 27.4 Å². The number of rotatable bonds is 8. The number of ether oxygens (including phenoxy) is 3. The molecular weight excluding hydrogens is 502 g/mol. The zero-order chi connectivity index (χ0) is 25.9. The summed E-state index contributed by atoms with van der Waals surface area (Å²) >= 11 is 1.36. The summed E-state index contributed by atoms with van der Waals surface area (Å²) in [4.78, 5) is 18.5. The van der Waals surface area contributed by atoms with Crippen molar-refractivity contribution in [3.05, 3.63) is 46.8 Å². The lowest BCUT2D eigenvalue weighted by Crippen LogP contribution is -2.40. The number of piperidine rings is 1. The van der Waals surface area contributed by atoms with Gasteiger partial charge in [-0.3, -0.25) is 4.79 Å². The van der Waals surface area contributed by atoms with E-state index >= 15 is 0 Å². The van der Waals surface area contributed by atoms with Gasteiger partial charge in [0, 0.05) is 32.7 Å². The summed E-state index contributed by atoms with van der Waals surface area (Å²) in [5.74, 6) is 0.726. The Morgan fingerprint density at radius 2 is 1.67 bits per heavy atom. The monoisotopic (exact) mass is 533 g/mol. The summed E-state index contributed by atoms with van der Waals surface area (Å²) < 4.78 is 46.6. The van der Waals surface area contributed by atoms with E-state index in [9.17, 15) is 13.2 Å². The smallest absolute Gasteiger partial charge is 0.251 e. The van der Waals surface area contributed by atoms with Crippen molar-refractivity contribution in [2.24, 2.45) is 10.9 Å². The summed E-state index contributed by atoms with van der Waals surface area (Å²) in [7, 11) is 1.22. The number of sulfonamides is 1. The molecule has 0 bridgehead atoms. The fourth-order valence-corrected chi connectivity index (χ4v) is 6.96. The molecule has 1 aliphatic rings. The number of carbonyl (C=O) groups excluding carboxylic acids is 1. The molecule has 0 saturated carbocycles. The van der Waals surface area contributed by atoms with Crippen LogP contribution in [0, 0.1) is 12.8 Å². The maximum absolute atomic E-state index is 13.2.